The van der Waals surface area contributed by atoms with Crippen molar-refractivity contribution in [3.05, 3.63) is 25.3 Å². The minimum atomic E-state index is -3.54. The van der Waals surface area contributed by atoms with Crippen LogP contribution in [0.3, 0.4) is 0 Å². The summed E-state index contributed by atoms with van der Waals surface area (Å²) >= 11 is 0. The van der Waals surface area contributed by atoms with Crippen molar-refractivity contribution < 1.29 is 37.6 Å². The molecule has 0 spiro atoms. The lowest BCUT2D eigenvalue weighted by Crippen LogP contribution is -2.10. The molecule has 0 aromatic rings. The van der Waals surface area contributed by atoms with Gasteiger partial charge in [-0.15, -0.1) is 0 Å². The number of esters is 2. The Morgan fingerprint density at radius 2 is 1.47 bits per heavy atom. The van der Waals surface area contributed by atoms with Crippen LogP contribution in [-0.2, 0) is 32.7 Å². The summed E-state index contributed by atoms with van der Waals surface area (Å²) in [5, 5.41) is 0. The number of ether oxygens (including phenoxy) is 2. The Balaban J connectivity index is 0.000000388. The molecule has 1 aliphatic rings. The smallest absolute Gasteiger partial charge is 0.459 e. The van der Waals surface area contributed by atoms with Crippen LogP contribution >= 0.6 is 7.82 Å². The van der Waals surface area contributed by atoms with E-state index in [2.05, 4.69) is 31.7 Å². The van der Waals surface area contributed by atoms with Crippen molar-refractivity contribution in [2.24, 2.45) is 0 Å². The van der Waals surface area contributed by atoms with E-state index in [9.17, 15) is 14.2 Å². The zero-order valence-corrected chi connectivity index (χ0v) is 11.0. The van der Waals surface area contributed by atoms with Crippen LogP contribution in [0.2, 0.25) is 0 Å². The van der Waals surface area contributed by atoms with E-state index >= 15 is 0 Å². The molecule has 8 nitrogen and oxygen atoms in total. The molecular weight excluding hydrogens is 279 g/mol. The first-order valence-electron chi connectivity index (χ1n) is 5.11. The molecule has 0 bridgehead atoms. The first kappa shape index (κ1) is 17.5. The van der Waals surface area contributed by atoms with Crippen LogP contribution in [0, 0.1) is 0 Å². The highest BCUT2D eigenvalue weighted by atomic mass is 31.2. The molecule has 0 saturated carbocycles. The van der Waals surface area contributed by atoms with Crippen LogP contribution in [-0.4, -0.2) is 43.3 Å². The van der Waals surface area contributed by atoms with E-state index in [1.165, 1.54) is 0 Å². The van der Waals surface area contributed by atoms with Crippen LogP contribution < -0.4 is 0 Å². The summed E-state index contributed by atoms with van der Waals surface area (Å²) in [4.78, 5) is 29.2. The van der Waals surface area contributed by atoms with Crippen LogP contribution in [0.4, 0.5) is 0 Å². The van der Waals surface area contributed by atoms with Crippen molar-refractivity contribution in [3.8, 4) is 0 Å². The summed E-state index contributed by atoms with van der Waals surface area (Å²) in [5.74, 6) is -1.07. The van der Waals surface area contributed by atoms with Gasteiger partial charge in [-0.3, -0.25) is 9.05 Å². The van der Waals surface area contributed by atoms with Gasteiger partial charge in [-0.25, -0.2) is 14.2 Å². The van der Waals surface area contributed by atoms with Crippen LogP contribution in [0.1, 0.15) is 0 Å². The largest absolute Gasteiger partial charge is 0.472 e. The molecule has 1 rings (SSSR count). The maximum Gasteiger partial charge on any atom is 0.472 e. The van der Waals surface area contributed by atoms with Crippen LogP contribution in [0.25, 0.3) is 0 Å². The lowest BCUT2D eigenvalue weighted by molar-refractivity contribution is -0.146. The number of carbonyl (C=O) groups is 2. The molecule has 0 unspecified atom stereocenters. The van der Waals surface area contributed by atoms with Gasteiger partial charge in [0.1, 0.15) is 13.2 Å². The summed E-state index contributed by atoms with van der Waals surface area (Å²) in [6.07, 6.45) is 2.07. The topological polar surface area (TPSA) is 108 Å². The van der Waals surface area contributed by atoms with Crippen molar-refractivity contribution in [1.29, 1.82) is 0 Å². The normalized spacial score (nSPS) is 15.6. The molecule has 1 N–H and O–H groups in total. The number of carbonyl (C=O) groups excluding carboxylic acids is 2. The van der Waals surface area contributed by atoms with Crippen LogP contribution in [0.15, 0.2) is 25.3 Å². The van der Waals surface area contributed by atoms with E-state index in [1.807, 2.05) is 0 Å². The van der Waals surface area contributed by atoms with Gasteiger partial charge in [0, 0.05) is 12.2 Å². The molecule has 0 aliphatic carbocycles. The van der Waals surface area contributed by atoms with Crippen molar-refractivity contribution in [3.63, 3.8) is 0 Å². The van der Waals surface area contributed by atoms with Crippen molar-refractivity contribution >= 4 is 19.8 Å². The summed E-state index contributed by atoms with van der Waals surface area (Å²) in [5.41, 5.74) is 0. The van der Waals surface area contributed by atoms with Crippen LogP contribution in [0.5, 0.6) is 0 Å². The Labute approximate surface area is 110 Å². The van der Waals surface area contributed by atoms with Gasteiger partial charge in [-0.1, -0.05) is 13.2 Å². The maximum absolute atomic E-state index is 10.4. The molecule has 1 heterocycles. The molecule has 0 atom stereocenters. The van der Waals surface area contributed by atoms with E-state index in [0.717, 1.165) is 12.2 Å². The quantitative estimate of drug-likeness (QED) is 0.339. The standard InChI is InChI=1S/C8H10O4.C2H5O4P/c1-3-7(9)11-5-6-12-8(10)4-2;3-7(4)5-1-2-6-7/h3-4H,1-2,5-6H2;1-2H2,(H,3,4). The van der Waals surface area contributed by atoms with E-state index in [4.69, 9.17) is 4.89 Å². The Morgan fingerprint density at radius 3 is 1.68 bits per heavy atom. The van der Waals surface area contributed by atoms with E-state index in [0.29, 0.717) is 0 Å². The summed E-state index contributed by atoms with van der Waals surface area (Å²) in [6.45, 7) is 6.91. The van der Waals surface area contributed by atoms with Gasteiger partial charge in [0.2, 0.25) is 0 Å². The lowest BCUT2D eigenvalue weighted by Gasteiger charge is -2.01. The first-order chi connectivity index (χ1) is 8.91. The summed E-state index contributed by atoms with van der Waals surface area (Å²) < 4.78 is 27.6. The van der Waals surface area contributed by atoms with Gasteiger partial charge < -0.3 is 14.4 Å². The highest BCUT2D eigenvalue weighted by molar-refractivity contribution is 7.47. The minimum Gasteiger partial charge on any atom is -0.459 e. The van der Waals surface area contributed by atoms with Gasteiger partial charge in [-0.05, 0) is 0 Å². The summed E-state index contributed by atoms with van der Waals surface area (Å²) in [6, 6.07) is 0. The predicted molar refractivity (Wildman–Crippen MR) is 64.0 cm³/mol. The Morgan fingerprint density at radius 1 is 1.11 bits per heavy atom. The van der Waals surface area contributed by atoms with E-state index < -0.39 is 19.8 Å². The third kappa shape index (κ3) is 10.2. The highest BCUT2D eigenvalue weighted by Crippen LogP contribution is 2.46. The van der Waals surface area contributed by atoms with E-state index in [1.54, 1.807) is 0 Å². The van der Waals surface area contributed by atoms with Crippen molar-refractivity contribution in [2.45, 2.75) is 0 Å². The minimum absolute atomic E-state index is 0.0322. The third-order valence-corrected chi connectivity index (χ3v) is 2.52. The van der Waals surface area contributed by atoms with Gasteiger partial charge >= 0.3 is 19.8 Å². The highest BCUT2D eigenvalue weighted by Gasteiger charge is 2.26. The van der Waals surface area contributed by atoms with Crippen molar-refractivity contribution in [1.82, 2.24) is 0 Å². The molecule has 0 amide bonds. The van der Waals surface area contributed by atoms with Crippen molar-refractivity contribution in [2.75, 3.05) is 26.4 Å². The Bertz CT molecular complexity index is 346. The fraction of sp³-hybridized carbons (Fsp3) is 0.400. The number of rotatable bonds is 5. The zero-order valence-electron chi connectivity index (χ0n) is 10.1. The average molecular weight is 294 g/mol. The molecule has 1 fully saturated rings. The first-order valence-corrected chi connectivity index (χ1v) is 6.61. The Hall–Kier alpha value is -1.47. The number of hydrogen-bond donors (Lipinski definition) is 1. The SMILES string of the molecule is C=CC(=O)OCCOC(=O)C=C.O=P1(O)OCCO1. The second kappa shape index (κ2) is 9.46. The second-order valence-corrected chi connectivity index (χ2v) is 4.33. The van der Waals surface area contributed by atoms with Gasteiger partial charge in [0.15, 0.2) is 0 Å². The maximum atomic E-state index is 10.4. The molecule has 9 heteroatoms. The van der Waals surface area contributed by atoms with Gasteiger partial charge in [0.05, 0.1) is 13.2 Å². The zero-order chi connectivity index (χ0) is 14.7. The summed E-state index contributed by atoms with van der Waals surface area (Å²) in [7, 11) is -3.54. The predicted octanol–water partition coefficient (Wildman–Crippen LogP) is 0.578. The monoisotopic (exact) mass is 294 g/mol. The second-order valence-electron chi connectivity index (χ2n) is 2.88. The number of phosphoric ester groups is 1. The number of hydrogen-bond acceptors (Lipinski definition) is 7. The average Bonchev–Trinajstić information content (AvgIpc) is 2.79. The molecule has 0 radical (unpaired) electrons. The van der Waals surface area contributed by atoms with Gasteiger partial charge in [0.25, 0.3) is 0 Å². The Kier molecular flexibility index (Phi) is 8.73. The number of phosphoric acid groups is 1. The molecule has 1 aliphatic heterocycles. The fourth-order valence-electron chi connectivity index (χ4n) is 0.745. The lowest BCUT2D eigenvalue weighted by atomic mass is 10.6. The molecule has 108 valence electrons. The molecular formula is C10H15O8P. The molecule has 19 heavy (non-hydrogen) atoms. The third-order valence-electron chi connectivity index (χ3n) is 1.50. The molecule has 0 aromatic heterocycles. The fourth-order valence-corrected chi connectivity index (χ4v) is 1.43. The van der Waals surface area contributed by atoms with Gasteiger partial charge in [-0.2, -0.15) is 0 Å². The van der Waals surface area contributed by atoms with E-state index in [-0.39, 0.29) is 26.4 Å². The molecule has 1 saturated heterocycles. The molecule has 0 aromatic carbocycles.